The molecular weight excluding hydrogens is 324 g/mol. The number of hydrogen-bond acceptors (Lipinski definition) is 6. The zero-order valence-corrected chi connectivity index (χ0v) is 13.0. The first kappa shape index (κ1) is 16.3. The first-order valence-corrected chi connectivity index (χ1v) is 8.76. The molecule has 0 N–H and O–H groups in total. The van der Waals surface area contributed by atoms with E-state index in [0.717, 1.165) is 11.1 Å². The molecule has 0 aliphatic carbocycles. The first-order chi connectivity index (χ1) is 10.6. The molecule has 22 heavy (non-hydrogen) atoms. The largest absolute Gasteiger partial charge is 0.269 e. The van der Waals surface area contributed by atoms with Crippen LogP contribution in [0.1, 0.15) is 11.1 Å². The molecule has 2 rings (SSSR count). The Balaban J connectivity index is 1.84. The van der Waals surface area contributed by atoms with E-state index in [0.29, 0.717) is 11.5 Å². The average Bonchev–Trinajstić information content (AvgIpc) is 2.52. The van der Waals surface area contributed by atoms with Crippen molar-refractivity contribution in [3.63, 3.8) is 0 Å². The van der Waals surface area contributed by atoms with E-state index in [2.05, 4.69) is 0 Å². The predicted molar refractivity (Wildman–Crippen MR) is 88.8 cm³/mol. The molecule has 0 amide bonds. The molecule has 6 nitrogen and oxygen atoms in total. The van der Waals surface area contributed by atoms with Crippen molar-refractivity contribution in [2.45, 2.75) is 11.5 Å². The molecule has 8 heteroatoms. The molecule has 2 aromatic carbocycles. The lowest BCUT2D eigenvalue weighted by molar-refractivity contribution is -0.385. The maximum atomic E-state index is 10.7. The van der Waals surface area contributed by atoms with Crippen molar-refractivity contribution in [3.05, 3.63) is 79.9 Å². The van der Waals surface area contributed by atoms with Gasteiger partial charge in [-0.05, 0) is 11.1 Å². The van der Waals surface area contributed by atoms with Crippen LogP contribution >= 0.6 is 21.6 Å². The van der Waals surface area contributed by atoms with Gasteiger partial charge in [0.15, 0.2) is 0 Å². The Kier molecular flexibility index (Phi) is 5.79. The monoisotopic (exact) mass is 336 g/mol. The van der Waals surface area contributed by atoms with Crippen LogP contribution in [0.25, 0.3) is 0 Å². The van der Waals surface area contributed by atoms with Crippen LogP contribution < -0.4 is 0 Å². The molecule has 0 saturated heterocycles. The molecule has 0 fully saturated rings. The topological polar surface area (TPSA) is 86.3 Å². The number of nitro groups is 2. The zero-order valence-electron chi connectivity index (χ0n) is 11.4. The lowest BCUT2D eigenvalue weighted by atomic mass is 10.2. The highest BCUT2D eigenvalue weighted by atomic mass is 33.1. The third kappa shape index (κ3) is 4.74. The second-order valence-electron chi connectivity index (χ2n) is 4.38. The molecule has 0 aliphatic rings. The minimum atomic E-state index is -0.412. The van der Waals surface area contributed by atoms with Gasteiger partial charge in [0.2, 0.25) is 0 Å². The van der Waals surface area contributed by atoms with E-state index in [-0.39, 0.29) is 11.4 Å². The van der Waals surface area contributed by atoms with Crippen molar-refractivity contribution < 1.29 is 9.85 Å². The third-order valence-corrected chi connectivity index (χ3v) is 5.05. The minimum Gasteiger partial charge on any atom is -0.258 e. The van der Waals surface area contributed by atoms with Crippen molar-refractivity contribution in [2.24, 2.45) is 0 Å². The smallest absolute Gasteiger partial charge is 0.258 e. The van der Waals surface area contributed by atoms with E-state index in [1.165, 1.54) is 12.1 Å². The standard InChI is InChI=1S/C14H12N2O4S2/c17-15(18)13-5-1-3-11(7-13)9-21-22-10-12-4-2-6-14(8-12)16(19)20/h1-8H,9-10H2. The van der Waals surface area contributed by atoms with Gasteiger partial charge in [-0.2, -0.15) is 0 Å². The molecule has 0 aliphatic heterocycles. The summed E-state index contributed by atoms with van der Waals surface area (Å²) < 4.78 is 0. The molecule has 0 bridgehead atoms. The van der Waals surface area contributed by atoms with Crippen LogP contribution in [-0.2, 0) is 11.5 Å². The van der Waals surface area contributed by atoms with Crippen molar-refractivity contribution in [1.82, 2.24) is 0 Å². The highest BCUT2D eigenvalue weighted by Gasteiger charge is 2.07. The van der Waals surface area contributed by atoms with Gasteiger partial charge in [0.05, 0.1) is 9.85 Å². The van der Waals surface area contributed by atoms with E-state index >= 15 is 0 Å². The normalized spacial score (nSPS) is 10.4. The second kappa shape index (κ2) is 7.81. The van der Waals surface area contributed by atoms with Gasteiger partial charge in [-0.3, -0.25) is 20.2 Å². The SMILES string of the molecule is O=[N+]([O-])c1cccc(CSSCc2cccc([N+](=O)[O-])c2)c1. The maximum absolute atomic E-state index is 10.7. The highest BCUT2D eigenvalue weighted by molar-refractivity contribution is 8.76. The van der Waals surface area contributed by atoms with Gasteiger partial charge in [0, 0.05) is 35.8 Å². The van der Waals surface area contributed by atoms with E-state index in [4.69, 9.17) is 0 Å². The molecule has 0 unspecified atom stereocenters. The summed E-state index contributed by atoms with van der Waals surface area (Å²) >= 11 is 0. The van der Waals surface area contributed by atoms with Crippen molar-refractivity contribution in [1.29, 1.82) is 0 Å². The zero-order chi connectivity index (χ0) is 15.9. The summed E-state index contributed by atoms with van der Waals surface area (Å²) in [4.78, 5) is 20.6. The number of rotatable bonds is 7. The van der Waals surface area contributed by atoms with Crippen LogP contribution in [0.2, 0.25) is 0 Å². The summed E-state index contributed by atoms with van der Waals surface area (Å²) in [5.41, 5.74) is 1.93. The molecule has 0 radical (unpaired) electrons. The summed E-state index contributed by atoms with van der Waals surface area (Å²) in [7, 11) is 3.12. The maximum Gasteiger partial charge on any atom is 0.269 e. The molecule has 114 valence electrons. The van der Waals surface area contributed by atoms with Crippen LogP contribution in [0, 0.1) is 20.2 Å². The summed E-state index contributed by atoms with van der Waals surface area (Å²) in [5, 5.41) is 21.4. The van der Waals surface area contributed by atoms with Gasteiger partial charge in [-0.15, -0.1) is 0 Å². The van der Waals surface area contributed by atoms with Gasteiger partial charge < -0.3 is 0 Å². The quantitative estimate of drug-likeness (QED) is 0.318. The molecule has 0 heterocycles. The van der Waals surface area contributed by atoms with E-state index < -0.39 is 9.85 Å². The Hall–Kier alpha value is -2.06. The van der Waals surface area contributed by atoms with Gasteiger partial charge in [-0.25, -0.2) is 0 Å². The molecule has 0 aromatic heterocycles. The van der Waals surface area contributed by atoms with Crippen LogP contribution in [0.4, 0.5) is 11.4 Å². The van der Waals surface area contributed by atoms with Gasteiger partial charge in [0.25, 0.3) is 11.4 Å². The first-order valence-electron chi connectivity index (χ1n) is 6.27. The van der Waals surface area contributed by atoms with Crippen LogP contribution in [0.3, 0.4) is 0 Å². The van der Waals surface area contributed by atoms with E-state index in [9.17, 15) is 20.2 Å². The molecule has 0 saturated carbocycles. The Morgan fingerprint density at radius 2 is 1.18 bits per heavy atom. The Bertz CT molecular complexity index is 635. The fraction of sp³-hybridized carbons (Fsp3) is 0.143. The van der Waals surface area contributed by atoms with Crippen molar-refractivity contribution in [3.8, 4) is 0 Å². The summed E-state index contributed by atoms with van der Waals surface area (Å²) in [6.45, 7) is 0. The molecular formula is C14H12N2O4S2. The number of nitrogens with zero attached hydrogens (tertiary/aromatic N) is 2. The van der Waals surface area contributed by atoms with Crippen LogP contribution in [0.5, 0.6) is 0 Å². The van der Waals surface area contributed by atoms with Crippen molar-refractivity contribution in [2.75, 3.05) is 0 Å². The summed E-state index contributed by atoms with van der Waals surface area (Å²) in [6, 6.07) is 13.1. The van der Waals surface area contributed by atoms with Crippen LogP contribution in [0.15, 0.2) is 48.5 Å². The molecule has 2 aromatic rings. The fourth-order valence-electron chi connectivity index (χ4n) is 1.74. The minimum absolute atomic E-state index is 0.0850. The molecule has 0 spiro atoms. The van der Waals surface area contributed by atoms with E-state index in [1.807, 2.05) is 12.1 Å². The van der Waals surface area contributed by atoms with Crippen molar-refractivity contribution >= 4 is 33.0 Å². The number of hydrogen-bond donors (Lipinski definition) is 0. The number of nitro benzene ring substituents is 2. The Morgan fingerprint density at radius 3 is 1.55 bits per heavy atom. The van der Waals surface area contributed by atoms with Gasteiger partial charge in [-0.1, -0.05) is 45.9 Å². The predicted octanol–water partition coefficient (Wildman–Crippen LogP) is 4.58. The second-order valence-corrected chi connectivity index (χ2v) is 6.84. The Morgan fingerprint density at radius 1 is 0.773 bits per heavy atom. The van der Waals surface area contributed by atoms with Gasteiger partial charge >= 0.3 is 0 Å². The number of benzene rings is 2. The third-order valence-electron chi connectivity index (χ3n) is 2.78. The summed E-state index contributed by atoms with van der Waals surface area (Å²) in [6.07, 6.45) is 0. The number of non-ortho nitro benzene ring substituents is 2. The van der Waals surface area contributed by atoms with Gasteiger partial charge in [0.1, 0.15) is 0 Å². The fourth-order valence-corrected chi connectivity index (χ4v) is 3.85. The lowest BCUT2D eigenvalue weighted by Crippen LogP contribution is -1.89. The lowest BCUT2D eigenvalue weighted by Gasteiger charge is -2.02. The highest BCUT2D eigenvalue weighted by Crippen LogP contribution is 2.31. The molecule has 0 atom stereocenters. The Labute approximate surface area is 134 Å². The van der Waals surface area contributed by atoms with E-state index in [1.54, 1.807) is 45.9 Å². The summed E-state index contributed by atoms with van der Waals surface area (Å²) in [5.74, 6) is 1.28. The average molecular weight is 336 g/mol. The van der Waals surface area contributed by atoms with Crippen LogP contribution in [-0.4, -0.2) is 9.85 Å².